The van der Waals surface area contributed by atoms with Crippen LogP contribution in [-0.2, 0) is 16.0 Å². The van der Waals surface area contributed by atoms with E-state index in [1.807, 2.05) is 24.3 Å². The number of rotatable bonds is 6. The lowest BCUT2D eigenvalue weighted by Gasteiger charge is -2.36. The highest BCUT2D eigenvalue weighted by molar-refractivity contribution is 6.74. The zero-order valence-corrected chi connectivity index (χ0v) is 18.7. The van der Waals surface area contributed by atoms with Crippen molar-refractivity contribution in [3.8, 4) is 5.75 Å². The van der Waals surface area contributed by atoms with Gasteiger partial charge in [0, 0.05) is 6.42 Å². The van der Waals surface area contributed by atoms with Gasteiger partial charge in [0.05, 0.1) is 0 Å². The van der Waals surface area contributed by atoms with Crippen molar-refractivity contribution in [1.82, 2.24) is 5.32 Å². The largest absolute Gasteiger partial charge is 0.544 e. The van der Waals surface area contributed by atoms with Crippen LogP contribution in [0.4, 0.5) is 4.79 Å². The maximum atomic E-state index is 11.9. The molecule has 0 aliphatic carbocycles. The van der Waals surface area contributed by atoms with Crippen LogP contribution < -0.4 is 9.74 Å². The monoisotopic (exact) mass is 395 g/mol. The van der Waals surface area contributed by atoms with Crippen molar-refractivity contribution in [1.29, 1.82) is 0 Å². The van der Waals surface area contributed by atoms with Gasteiger partial charge in [0.25, 0.3) is 0 Å². The third kappa shape index (κ3) is 7.62. The molecule has 0 spiro atoms. The van der Waals surface area contributed by atoms with Crippen LogP contribution in [0.3, 0.4) is 0 Å². The average molecular weight is 396 g/mol. The Hall–Kier alpha value is -2.02. The molecule has 1 amide bonds. The van der Waals surface area contributed by atoms with Crippen LogP contribution in [0.25, 0.3) is 0 Å². The van der Waals surface area contributed by atoms with Gasteiger partial charge >= 0.3 is 12.1 Å². The third-order valence-electron chi connectivity index (χ3n) is 4.53. The Balaban J connectivity index is 2.79. The van der Waals surface area contributed by atoms with Crippen LogP contribution in [0.5, 0.6) is 5.75 Å². The number of carbonyl (C=O) groups excluding carboxylic acids is 1. The molecule has 1 aromatic rings. The Morgan fingerprint density at radius 1 is 1.07 bits per heavy atom. The van der Waals surface area contributed by atoms with Gasteiger partial charge in [0.2, 0.25) is 8.32 Å². The number of carboxylic acids is 1. The van der Waals surface area contributed by atoms with Crippen LogP contribution in [0.2, 0.25) is 18.1 Å². The van der Waals surface area contributed by atoms with Gasteiger partial charge in [-0.2, -0.15) is 0 Å². The molecule has 1 atom stereocenters. The van der Waals surface area contributed by atoms with Gasteiger partial charge in [-0.1, -0.05) is 32.9 Å². The second-order valence-corrected chi connectivity index (χ2v) is 14.0. The summed E-state index contributed by atoms with van der Waals surface area (Å²) in [5.41, 5.74) is 0.108. The molecule has 7 heteroatoms. The number of nitrogens with one attached hydrogen (secondary N) is 1. The SMILES string of the molecule is CC(C)(C)OC(=O)N[C@H](Cc1ccc(O[Si](C)(C)C(C)(C)C)cc1)C(=O)O. The zero-order valence-electron chi connectivity index (χ0n) is 17.7. The molecule has 152 valence electrons. The number of hydrogen-bond acceptors (Lipinski definition) is 4. The van der Waals surface area contributed by atoms with E-state index in [0.29, 0.717) is 0 Å². The van der Waals surface area contributed by atoms with Crippen LogP contribution >= 0.6 is 0 Å². The Morgan fingerprint density at radius 3 is 2.00 bits per heavy atom. The number of ether oxygens (including phenoxy) is 1. The smallest absolute Gasteiger partial charge is 0.408 e. The van der Waals surface area contributed by atoms with Crippen molar-refractivity contribution in [3.05, 3.63) is 29.8 Å². The first-order valence-corrected chi connectivity index (χ1v) is 12.0. The van der Waals surface area contributed by atoms with E-state index in [2.05, 4.69) is 39.2 Å². The minimum absolute atomic E-state index is 0.0947. The molecule has 27 heavy (non-hydrogen) atoms. The molecule has 0 aromatic heterocycles. The highest BCUT2D eigenvalue weighted by Gasteiger charge is 2.38. The summed E-state index contributed by atoms with van der Waals surface area (Å²) in [6.45, 7) is 16.0. The number of hydrogen-bond donors (Lipinski definition) is 2. The maximum Gasteiger partial charge on any atom is 0.408 e. The lowest BCUT2D eigenvalue weighted by atomic mass is 10.1. The lowest BCUT2D eigenvalue weighted by molar-refractivity contribution is -0.139. The zero-order chi connectivity index (χ0) is 21.0. The normalized spacial score (nSPS) is 13.6. The van der Waals surface area contributed by atoms with E-state index in [1.165, 1.54) is 0 Å². The van der Waals surface area contributed by atoms with E-state index in [9.17, 15) is 14.7 Å². The summed E-state index contributed by atoms with van der Waals surface area (Å²) < 4.78 is 11.4. The molecule has 0 saturated heterocycles. The molecule has 0 aliphatic rings. The van der Waals surface area contributed by atoms with Crippen LogP contribution in [0.1, 0.15) is 47.1 Å². The van der Waals surface area contributed by atoms with Gasteiger partial charge in [-0.05, 0) is 56.6 Å². The van der Waals surface area contributed by atoms with Gasteiger partial charge in [-0.3, -0.25) is 0 Å². The summed E-state index contributed by atoms with van der Waals surface area (Å²) >= 11 is 0. The topological polar surface area (TPSA) is 84.9 Å². The van der Waals surface area contributed by atoms with E-state index in [4.69, 9.17) is 9.16 Å². The molecule has 0 fully saturated rings. The third-order valence-corrected chi connectivity index (χ3v) is 8.89. The summed E-state index contributed by atoms with van der Waals surface area (Å²) in [5.74, 6) is -0.334. The quantitative estimate of drug-likeness (QED) is 0.688. The highest BCUT2D eigenvalue weighted by atomic mass is 28.4. The van der Waals surface area contributed by atoms with Gasteiger partial charge in [-0.25, -0.2) is 9.59 Å². The summed E-state index contributed by atoms with van der Waals surface area (Å²) in [6.07, 6.45) is -0.581. The van der Waals surface area contributed by atoms with Gasteiger partial charge in [0.1, 0.15) is 17.4 Å². The van der Waals surface area contributed by atoms with Gasteiger partial charge in [-0.15, -0.1) is 0 Å². The number of carboxylic acid groups (broad SMARTS) is 1. The van der Waals surface area contributed by atoms with E-state index < -0.39 is 32.0 Å². The fraction of sp³-hybridized carbons (Fsp3) is 0.600. The Kier molecular flexibility index (Phi) is 7.10. The average Bonchev–Trinajstić information content (AvgIpc) is 2.45. The van der Waals surface area contributed by atoms with Crippen molar-refractivity contribution in [3.63, 3.8) is 0 Å². The molecule has 1 aromatic carbocycles. The highest BCUT2D eigenvalue weighted by Crippen LogP contribution is 2.37. The molecular formula is C20H33NO5Si. The number of benzene rings is 1. The first-order valence-electron chi connectivity index (χ1n) is 9.11. The summed E-state index contributed by atoms with van der Waals surface area (Å²) in [4.78, 5) is 23.3. The molecule has 0 aliphatic heterocycles. The van der Waals surface area contributed by atoms with Gasteiger partial charge in [0.15, 0.2) is 0 Å². The number of alkyl carbamates (subject to hydrolysis) is 1. The van der Waals surface area contributed by atoms with E-state index in [0.717, 1.165) is 11.3 Å². The molecule has 6 nitrogen and oxygen atoms in total. The van der Waals surface area contributed by atoms with E-state index in [1.54, 1.807) is 20.8 Å². The molecule has 0 heterocycles. The van der Waals surface area contributed by atoms with Crippen molar-refractivity contribution < 1.29 is 23.9 Å². The molecule has 0 unspecified atom stereocenters. The minimum Gasteiger partial charge on any atom is -0.544 e. The van der Waals surface area contributed by atoms with Crippen molar-refractivity contribution in [2.75, 3.05) is 0 Å². The maximum absolute atomic E-state index is 11.9. The predicted molar refractivity (Wildman–Crippen MR) is 109 cm³/mol. The molecule has 1 rings (SSSR count). The summed E-state index contributed by atoms with van der Waals surface area (Å²) in [7, 11) is -1.93. The predicted octanol–water partition coefficient (Wildman–Crippen LogP) is 4.59. The minimum atomic E-state index is -1.93. The van der Waals surface area contributed by atoms with Crippen molar-refractivity contribution in [2.24, 2.45) is 0 Å². The van der Waals surface area contributed by atoms with E-state index >= 15 is 0 Å². The summed E-state index contributed by atoms with van der Waals surface area (Å²) in [6, 6.07) is 6.29. The fourth-order valence-corrected chi connectivity index (χ4v) is 3.06. The Labute approximate surface area is 163 Å². The lowest BCUT2D eigenvalue weighted by Crippen LogP contribution is -2.44. The molecule has 2 N–H and O–H groups in total. The second kappa shape index (κ2) is 8.33. The Bertz CT molecular complexity index is 656. The van der Waals surface area contributed by atoms with E-state index in [-0.39, 0.29) is 11.5 Å². The molecule has 0 radical (unpaired) electrons. The van der Waals surface area contributed by atoms with Gasteiger partial charge < -0.3 is 19.6 Å². The van der Waals surface area contributed by atoms with Crippen molar-refractivity contribution >= 4 is 20.4 Å². The molecular weight excluding hydrogens is 362 g/mol. The number of carbonyl (C=O) groups is 2. The van der Waals surface area contributed by atoms with Crippen LogP contribution in [0, 0.1) is 0 Å². The first-order chi connectivity index (χ1) is 12.1. The standard InChI is InChI=1S/C20H33NO5Si/c1-19(2,3)25-18(24)21-16(17(22)23)13-14-9-11-15(12-10-14)26-27(7,8)20(4,5)6/h9-12,16H,13H2,1-8H3,(H,21,24)(H,22,23)/t16-/m1/s1. The van der Waals surface area contributed by atoms with Crippen LogP contribution in [-0.4, -0.2) is 37.1 Å². The van der Waals surface area contributed by atoms with Crippen LogP contribution in [0.15, 0.2) is 24.3 Å². The summed E-state index contributed by atoms with van der Waals surface area (Å²) in [5, 5.41) is 11.9. The Morgan fingerprint density at radius 2 is 1.59 bits per heavy atom. The number of amides is 1. The first kappa shape index (κ1) is 23.0. The number of aliphatic carboxylic acids is 1. The fourth-order valence-electron chi connectivity index (χ4n) is 2.03. The second-order valence-electron chi connectivity index (χ2n) is 9.25. The van der Waals surface area contributed by atoms with Crippen molar-refractivity contribution in [2.45, 2.75) is 77.7 Å². The molecule has 0 bridgehead atoms. The molecule has 0 saturated carbocycles.